The maximum Gasteiger partial charge on any atom is 0.243 e. The number of amides is 1. The molecule has 1 aromatic rings. The lowest BCUT2D eigenvalue weighted by atomic mass is 10.1. The lowest BCUT2D eigenvalue weighted by molar-refractivity contribution is -0.121. The fourth-order valence-electron chi connectivity index (χ4n) is 1.63. The van der Waals surface area contributed by atoms with E-state index in [0.717, 1.165) is 22.9 Å². The minimum Gasteiger partial charge on any atom is -0.355 e. The smallest absolute Gasteiger partial charge is 0.243 e. The Morgan fingerprint density at radius 1 is 1.29 bits per heavy atom. The zero-order valence-corrected chi connectivity index (χ0v) is 13.3. The molecule has 0 radical (unpaired) electrons. The van der Waals surface area contributed by atoms with Crippen LogP contribution in [0.5, 0.6) is 0 Å². The van der Waals surface area contributed by atoms with E-state index < -0.39 is 15.8 Å². The largest absolute Gasteiger partial charge is 0.355 e. The van der Waals surface area contributed by atoms with E-state index in [0.29, 0.717) is 12.5 Å². The number of nitrogens with zero attached hydrogens (tertiary/aromatic N) is 1. The highest BCUT2D eigenvalue weighted by Gasteiger charge is 2.22. The van der Waals surface area contributed by atoms with Crippen molar-refractivity contribution in [2.24, 2.45) is 5.92 Å². The van der Waals surface area contributed by atoms with E-state index >= 15 is 0 Å². The molecule has 1 rings (SSSR count). The van der Waals surface area contributed by atoms with Crippen molar-refractivity contribution < 1.29 is 17.6 Å². The Morgan fingerprint density at radius 2 is 1.86 bits per heavy atom. The van der Waals surface area contributed by atoms with E-state index in [2.05, 4.69) is 5.32 Å². The molecule has 0 saturated carbocycles. The summed E-state index contributed by atoms with van der Waals surface area (Å²) in [5.74, 6) is -0.405. The summed E-state index contributed by atoms with van der Waals surface area (Å²) in [6.07, 6.45) is 0.833. The number of likely N-dealkylation sites (N-methyl/N-ethyl adjacent to an activating group) is 1. The zero-order chi connectivity index (χ0) is 16.0. The predicted octanol–water partition coefficient (Wildman–Crippen LogP) is 1.61. The Balaban J connectivity index is 2.63. The Labute approximate surface area is 125 Å². The second-order valence-corrected chi connectivity index (χ2v) is 7.29. The second kappa shape index (κ2) is 7.51. The predicted molar refractivity (Wildman–Crippen MR) is 78.7 cm³/mol. The number of carbonyl (C=O) groups is 1. The summed E-state index contributed by atoms with van der Waals surface area (Å²) in [5.41, 5.74) is 0. The highest BCUT2D eigenvalue weighted by molar-refractivity contribution is 7.89. The molecule has 0 unspecified atom stereocenters. The Kier molecular flexibility index (Phi) is 6.29. The molecule has 0 saturated heterocycles. The first-order valence-electron chi connectivity index (χ1n) is 6.72. The van der Waals surface area contributed by atoms with Gasteiger partial charge in [0, 0.05) is 13.6 Å². The van der Waals surface area contributed by atoms with E-state index in [9.17, 15) is 17.6 Å². The van der Waals surface area contributed by atoms with Gasteiger partial charge in [-0.15, -0.1) is 0 Å². The van der Waals surface area contributed by atoms with E-state index in [1.807, 2.05) is 13.8 Å². The summed E-state index contributed by atoms with van der Waals surface area (Å²) >= 11 is 0. The van der Waals surface area contributed by atoms with Crippen molar-refractivity contribution in [1.82, 2.24) is 9.62 Å². The number of hydrogen-bond acceptors (Lipinski definition) is 3. The first kappa shape index (κ1) is 17.6. The number of hydrogen-bond donors (Lipinski definition) is 1. The van der Waals surface area contributed by atoms with Crippen molar-refractivity contribution in [2.45, 2.75) is 25.2 Å². The van der Waals surface area contributed by atoms with Crippen LogP contribution in [-0.2, 0) is 14.8 Å². The van der Waals surface area contributed by atoms with E-state index in [-0.39, 0.29) is 17.3 Å². The highest BCUT2D eigenvalue weighted by atomic mass is 32.2. The van der Waals surface area contributed by atoms with Gasteiger partial charge in [0.2, 0.25) is 15.9 Å². The van der Waals surface area contributed by atoms with Crippen molar-refractivity contribution in [1.29, 1.82) is 0 Å². The van der Waals surface area contributed by atoms with Crippen molar-refractivity contribution in [3.8, 4) is 0 Å². The normalized spacial score (nSPS) is 11.9. The summed E-state index contributed by atoms with van der Waals surface area (Å²) in [4.78, 5) is 11.6. The fourth-order valence-corrected chi connectivity index (χ4v) is 2.76. The number of nitrogens with one attached hydrogen (secondary N) is 1. The van der Waals surface area contributed by atoms with Gasteiger partial charge in [0.05, 0.1) is 11.4 Å². The van der Waals surface area contributed by atoms with E-state index in [1.54, 1.807) is 0 Å². The van der Waals surface area contributed by atoms with Gasteiger partial charge in [-0.2, -0.15) is 4.31 Å². The highest BCUT2D eigenvalue weighted by Crippen LogP contribution is 2.14. The van der Waals surface area contributed by atoms with Crippen LogP contribution in [0.1, 0.15) is 20.3 Å². The monoisotopic (exact) mass is 316 g/mol. The third-order valence-corrected chi connectivity index (χ3v) is 4.75. The number of rotatable bonds is 7. The molecule has 0 fully saturated rings. The summed E-state index contributed by atoms with van der Waals surface area (Å²) < 4.78 is 38.1. The first-order chi connectivity index (χ1) is 9.73. The van der Waals surface area contributed by atoms with Gasteiger partial charge in [-0.05, 0) is 36.6 Å². The average molecular weight is 316 g/mol. The van der Waals surface area contributed by atoms with Crippen LogP contribution < -0.4 is 5.32 Å². The van der Waals surface area contributed by atoms with Gasteiger partial charge in [-0.1, -0.05) is 13.8 Å². The molecule has 0 bridgehead atoms. The van der Waals surface area contributed by atoms with Crippen molar-refractivity contribution >= 4 is 15.9 Å². The third-order valence-electron chi connectivity index (χ3n) is 2.93. The van der Waals surface area contributed by atoms with Crippen LogP contribution in [-0.4, -0.2) is 38.8 Å². The second-order valence-electron chi connectivity index (χ2n) is 5.25. The molecule has 0 aliphatic carbocycles. The molecule has 118 valence electrons. The summed E-state index contributed by atoms with van der Waals surface area (Å²) in [7, 11) is -2.47. The maximum atomic E-state index is 12.8. The molecule has 0 heterocycles. The molecule has 1 amide bonds. The van der Waals surface area contributed by atoms with E-state index in [1.165, 1.54) is 19.2 Å². The molecule has 0 aliphatic heterocycles. The first-order valence-corrected chi connectivity index (χ1v) is 8.16. The van der Waals surface area contributed by atoms with Crippen LogP contribution in [0, 0.1) is 11.7 Å². The molecule has 0 aliphatic rings. The van der Waals surface area contributed by atoms with Crippen molar-refractivity contribution in [2.75, 3.05) is 20.1 Å². The van der Waals surface area contributed by atoms with Crippen LogP contribution in [0.3, 0.4) is 0 Å². The number of halogens is 1. The Bertz CT molecular complexity index is 570. The van der Waals surface area contributed by atoms with Crippen molar-refractivity contribution in [3.63, 3.8) is 0 Å². The van der Waals surface area contributed by atoms with Gasteiger partial charge in [-0.25, -0.2) is 12.8 Å². The fraction of sp³-hybridized carbons (Fsp3) is 0.500. The lowest BCUT2D eigenvalue weighted by Gasteiger charge is -2.17. The third kappa shape index (κ3) is 5.43. The minimum absolute atomic E-state index is 0.0404. The molecule has 1 aromatic carbocycles. The standard InChI is InChI=1S/C14H21FN2O3S/c1-11(2)8-9-16-14(18)10-17(3)21(19,20)13-6-4-12(15)5-7-13/h4-7,11H,8-10H2,1-3H3,(H,16,18). The summed E-state index contributed by atoms with van der Waals surface area (Å²) in [6.45, 7) is 4.33. The van der Waals surface area contributed by atoms with Gasteiger partial charge in [0.15, 0.2) is 0 Å². The van der Waals surface area contributed by atoms with Crippen LogP contribution in [0.2, 0.25) is 0 Å². The number of benzene rings is 1. The molecule has 0 aromatic heterocycles. The van der Waals surface area contributed by atoms with Gasteiger partial charge in [0.1, 0.15) is 5.82 Å². The molecule has 5 nitrogen and oxygen atoms in total. The van der Waals surface area contributed by atoms with Gasteiger partial charge < -0.3 is 5.32 Å². The van der Waals surface area contributed by atoms with Gasteiger partial charge in [0.25, 0.3) is 0 Å². The maximum absolute atomic E-state index is 12.8. The number of sulfonamides is 1. The SMILES string of the molecule is CC(C)CCNC(=O)CN(C)S(=O)(=O)c1ccc(F)cc1. The molecule has 21 heavy (non-hydrogen) atoms. The molecular formula is C14H21FN2O3S. The Morgan fingerprint density at radius 3 is 2.38 bits per heavy atom. The van der Waals surface area contributed by atoms with E-state index in [4.69, 9.17) is 0 Å². The molecular weight excluding hydrogens is 295 g/mol. The molecule has 0 spiro atoms. The van der Waals surface area contributed by atoms with Gasteiger partial charge >= 0.3 is 0 Å². The van der Waals surface area contributed by atoms with Crippen LogP contribution in [0.25, 0.3) is 0 Å². The molecule has 0 atom stereocenters. The van der Waals surface area contributed by atoms with Crippen molar-refractivity contribution in [3.05, 3.63) is 30.1 Å². The zero-order valence-electron chi connectivity index (χ0n) is 12.5. The molecule has 1 N–H and O–H groups in total. The topological polar surface area (TPSA) is 66.5 Å². The Hall–Kier alpha value is -1.47. The quantitative estimate of drug-likeness (QED) is 0.831. The van der Waals surface area contributed by atoms with Crippen LogP contribution in [0.15, 0.2) is 29.2 Å². The van der Waals surface area contributed by atoms with Gasteiger partial charge in [-0.3, -0.25) is 4.79 Å². The minimum atomic E-state index is -3.79. The van der Waals surface area contributed by atoms with Crippen LogP contribution in [0.4, 0.5) is 4.39 Å². The summed E-state index contributed by atoms with van der Waals surface area (Å²) in [6, 6.07) is 4.50. The van der Waals surface area contributed by atoms with Crippen LogP contribution >= 0.6 is 0 Å². The summed E-state index contributed by atoms with van der Waals surface area (Å²) in [5, 5.41) is 2.67. The molecule has 7 heteroatoms. The lowest BCUT2D eigenvalue weighted by Crippen LogP contribution is -2.38. The number of carbonyl (C=O) groups excluding carboxylic acids is 1. The average Bonchev–Trinajstić information content (AvgIpc) is 2.38.